The van der Waals surface area contributed by atoms with E-state index in [0.717, 1.165) is 54.3 Å². The molecule has 4 rings (SSSR count). The van der Waals surface area contributed by atoms with Crippen LogP contribution in [0.2, 0.25) is 0 Å². The summed E-state index contributed by atoms with van der Waals surface area (Å²) in [6.45, 7) is 4.24. The van der Waals surface area contributed by atoms with Crippen LogP contribution in [0.4, 0.5) is 0 Å². The summed E-state index contributed by atoms with van der Waals surface area (Å²) >= 11 is 0. The van der Waals surface area contributed by atoms with Crippen LogP contribution >= 0.6 is 0 Å². The molecule has 1 N–H and O–H groups in total. The molecule has 0 unspecified atom stereocenters. The quantitative estimate of drug-likeness (QED) is 0.801. The van der Waals surface area contributed by atoms with E-state index in [4.69, 9.17) is 0 Å². The Morgan fingerprint density at radius 3 is 2.92 bits per heavy atom. The van der Waals surface area contributed by atoms with Gasteiger partial charge in [-0.3, -0.25) is 4.90 Å². The minimum absolute atomic E-state index is 0.432. The number of rotatable bonds is 3. The molecule has 3 aromatic rings. The van der Waals surface area contributed by atoms with Crippen LogP contribution in [-0.2, 0) is 19.5 Å². The van der Waals surface area contributed by atoms with Gasteiger partial charge < -0.3 is 5.11 Å². The average Bonchev–Trinajstić information content (AvgIpc) is 2.95. The zero-order valence-corrected chi connectivity index (χ0v) is 13.4. The van der Waals surface area contributed by atoms with Crippen LogP contribution in [0.1, 0.15) is 33.0 Å². The highest BCUT2D eigenvalue weighted by atomic mass is 16.4. The number of aromatic nitrogens is 3. The van der Waals surface area contributed by atoms with Gasteiger partial charge in [0.15, 0.2) is 5.65 Å². The zero-order valence-electron chi connectivity index (χ0n) is 13.4. The molecule has 0 saturated carbocycles. The van der Waals surface area contributed by atoms with Gasteiger partial charge in [-0.25, -0.2) is 14.3 Å². The van der Waals surface area contributed by atoms with Crippen LogP contribution in [0.3, 0.4) is 0 Å². The molecule has 6 heteroatoms. The van der Waals surface area contributed by atoms with Gasteiger partial charge in [-0.1, -0.05) is 18.2 Å². The number of aromatic carboxylic acids is 1. The number of benzene rings is 1. The van der Waals surface area contributed by atoms with Gasteiger partial charge in [-0.2, -0.15) is 5.10 Å². The Bertz CT molecular complexity index is 932. The molecule has 24 heavy (non-hydrogen) atoms. The minimum atomic E-state index is -0.844. The second kappa shape index (κ2) is 5.72. The molecule has 0 fully saturated rings. The Hall–Kier alpha value is -2.73. The first kappa shape index (κ1) is 14.8. The second-order valence-electron chi connectivity index (χ2n) is 6.16. The number of carbonyl (C=O) groups is 1. The van der Waals surface area contributed by atoms with Crippen LogP contribution in [0.15, 0.2) is 36.4 Å². The molecular formula is C18H18N4O2. The third kappa shape index (κ3) is 2.55. The topological polar surface area (TPSA) is 70.7 Å². The summed E-state index contributed by atoms with van der Waals surface area (Å²) in [5.41, 5.74) is 4.45. The van der Waals surface area contributed by atoms with Gasteiger partial charge in [0.05, 0.1) is 11.3 Å². The van der Waals surface area contributed by atoms with E-state index in [2.05, 4.69) is 21.0 Å². The van der Waals surface area contributed by atoms with Crippen molar-refractivity contribution in [3.05, 3.63) is 64.6 Å². The van der Waals surface area contributed by atoms with Gasteiger partial charge in [-0.05, 0) is 42.7 Å². The van der Waals surface area contributed by atoms with E-state index in [-0.39, 0.29) is 0 Å². The Morgan fingerprint density at radius 2 is 2.08 bits per heavy atom. The van der Waals surface area contributed by atoms with Crippen LogP contribution in [-0.4, -0.2) is 37.1 Å². The number of fused-ring (bicyclic) bond motifs is 2. The molecule has 122 valence electrons. The molecule has 0 radical (unpaired) electrons. The molecule has 0 amide bonds. The first-order valence-corrected chi connectivity index (χ1v) is 7.99. The van der Waals surface area contributed by atoms with Crippen molar-refractivity contribution in [2.24, 2.45) is 0 Å². The van der Waals surface area contributed by atoms with Crippen molar-refractivity contribution in [2.75, 3.05) is 6.54 Å². The average molecular weight is 322 g/mol. The lowest BCUT2D eigenvalue weighted by Gasteiger charge is -2.29. The summed E-state index contributed by atoms with van der Waals surface area (Å²) in [4.78, 5) is 18.1. The summed E-state index contributed by atoms with van der Waals surface area (Å²) < 4.78 is 1.89. The number of carboxylic acid groups (broad SMARTS) is 1. The monoisotopic (exact) mass is 322 g/mol. The molecule has 1 aliphatic rings. The highest BCUT2D eigenvalue weighted by molar-refractivity contribution is 5.89. The van der Waals surface area contributed by atoms with Gasteiger partial charge in [0.1, 0.15) is 5.82 Å². The van der Waals surface area contributed by atoms with Gasteiger partial charge in [-0.15, -0.1) is 0 Å². The van der Waals surface area contributed by atoms with Crippen molar-refractivity contribution in [3.8, 4) is 0 Å². The predicted molar refractivity (Wildman–Crippen MR) is 88.9 cm³/mol. The molecule has 3 heterocycles. The number of hydrogen-bond acceptors (Lipinski definition) is 4. The summed E-state index contributed by atoms with van der Waals surface area (Å²) in [7, 11) is 0. The fourth-order valence-electron chi connectivity index (χ4n) is 3.42. The van der Waals surface area contributed by atoms with E-state index in [1.807, 2.05) is 35.7 Å². The minimum Gasteiger partial charge on any atom is -0.478 e. The SMILES string of the molecule is Cc1nc2cccc(CN3CCc4c(cccc4C(=O)O)C3)n2n1. The lowest BCUT2D eigenvalue weighted by Crippen LogP contribution is -2.31. The highest BCUT2D eigenvalue weighted by Crippen LogP contribution is 2.24. The maximum atomic E-state index is 11.4. The summed E-state index contributed by atoms with van der Waals surface area (Å²) in [5, 5.41) is 13.8. The first-order valence-electron chi connectivity index (χ1n) is 7.99. The Balaban J connectivity index is 1.61. The Labute approximate surface area is 139 Å². The Kier molecular flexibility index (Phi) is 3.54. The van der Waals surface area contributed by atoms with E-state index in [1.54, 1.807) is 6.07 Å². The summed E-state index contributed by atoms with van der Waals surface area (Å²) in [6.07, 6.45) is 0.754. The smallest absolute Gasteiger partial charge is 0.335 e. The zero-order chi connectivity index (χ0) is 16.7. The fraction of sp³-hybridized carbons (Fsp3) is 0.278. The third-order valence-electron chi connectivity index (χ3n) is 4.51. The normalized spacial score (nSPS) is 14.7. The molecule has 0 aliphatic carbocycles. The van der Waals surface area contributed by atoms with Crippen molar-refractivity contribution in [2.45, 2.75) is 26.4 Å². The third-order valence-corrected chi connectivity index (χ3v) is 4.51. The van der Waals surface area contributed by atoms with Gasteiger partial charge in [0.25, 0.3) is 0 Å². The second-order valence-corrected chi connectivity index (χ2v) is 6.16. The van der Waals surface area contributed by atoms with Crippen LogP contribution in [0.25, 0.3) is 5.65 Å². The van der Waals surface area contributed by atoms with Gasteiger partial charge in [0.2, 0.25) is 0 Å². The lowest BCUT2D eigenvalue weighted by atomic mass is 9.94. The van der Waals surface area contributed by atoms with Crippen molar-refractivity contribution in [1.29, 1.82) is 0 Å². The van der Waals surface area contributed by atoms with Crippen molar-refractivity contribution in [1.82, 2.24) is 19.5 Å². The van der Waals surface area contributed by atoms with E-state index in [1.165, 1.54) is 0 Å². The number of hydrogen-bond donors (Lipinski definition) is 1. The maximum absolute atomic E-state index is 11.4. The molecular weight excluding hydrogens is 304 g/mol. The van der Waals surface area contributed by atoms with Crippen molar-refractivity contribution < 1.29 is 9.90 Å². The molecule has 2 aromatic heterocycles. The standard InChI is InChI=1S/C18H18N4O2/c1-12-19-17-7-3-5-14(22(17)20-12)11-21-9-8-15-13(10-21)4-2-6-16(15)18(23)24/h2-7H,8-11H2,1H3,(H,23,24). The summed E-state index contributed by atoms with van der Waals surface area (Å²) in [5.74, 6) is -0.0827. The molecule has 1 aromatic carbocycles. The van der Waals surface area contributed by atoms with E-state index < -0.39 is 5.97 Å². The molecule has 0 saturated heterocycles. The van der Waals surface area contributed by atoms with Crippen molar-refractivity contribution >= 4 is 11.6 Å². The molecule has 1 aliphatic heterocycles. The molecule has 6 nitrogen and oxygen atoms in total. The molecule has 0 bridgehead atoms. The number of aryl methyl sites for hydroxylation is 1. The number of nitrogens with zero attached hydrogens (tertiary/aromatic N) is 4. The van der Waals surface area contributed by atoms with Crippen LogP contribution < -0.4 is 0 Å². The van der Waals surface area contributed by atoms with Gasteiger partial charge >= 0.3 is 5.97 Å². The van der Waals surface area contributed by atoms with Gasteiger partial charge in [0, 0.05) is 19.6 Å². The largest absolute Gasteiger partial charge is 0.478 e. The number of pyridine rings is 1. The van der Waals surface area contributed by atoms with Crippen LogP contribution in [0, 0.1) is 6.92 Å². The van der Waals surface area contributed by atoms with E-state index >= 15 is 0 Å². The maximum Gasteiger partial charge on any atom is 0.335 e. The molecule has 0 atom stereocenters. The molecule has 0 spiro atoms. The van der Waals surface area contributed by atoms with Crippen LogP contribution in [0.5, 0.6) is 0 Å². The lowest BCUT2D eigenvalue weighted by molar-refractivity contribution is 0.0694. The number of carboxylic acids is 1. The first-order chi connectivity index (χ1) is 11.6. The fourth-order valence-corrected chi connectivity index (χ4v) is 3.42. The van der Waals surface area contributed by atoms with Crippen molar-refractivity contribution in [3.63, 3.8) is 0 Å². The predicted octanol–water partition coefficient (Wildman–Crippen LogP) is 2.29. The highest BCUT2D eigenvalue weighted by Gasteiger charge is 2.21. The summed E-state index contributed by atoms with van der Waals surface area (Å²) in [6, 6.07) is 11.6. The van der Waals surface area contributed by atoms with E-state index in [0.29, 0.717) is 5.56 Å². The Morgan fingerprint density at radius 1 is 1.25 bits per heavy atom. The van der Waals surface area contributed by atoms with E-state index in [9.17, 15) is 9.90 Å².